The number of Topliss-reactive ketones (excluding diaryl/α,β-unsaturated/α-hetero) is 1. The van der Waals surface area contributed by atoms with Gasteiger partial charge in [-0.1, -0.05) is 21.8 Å². The Labute approximate surface area is 58.6 Å². The Morgan fingerprint density at radius 1 is 1.33 bits per heavy atom. The Morgan fingerprint density at radius 2 is 1.78 bits per heavy atom. The average molecular weight is 146 g/mol. The lowest BCUT2D eigenvalue weighted by Gasteiger charge is -2.08. The molecular formula is C7H15OP. The standard InChI is InChI=1S/C7H15OP/c1-4-9(5-2)6-7(3)8/h4-6H2,1-3H3. The molecule has 0 saturated heterocycles. The highest BCUT2D eigenvalue weighted by atomic mass is 31.1. The molecule has 0 atom stereocenters. The lowest BCUT2D eigenvalue weighted by Crippen LogP contribution is -1.99. The van der Waals surface area contributed by atoms with Crippen LogP contribution in [0.3, 0.4) is 0 Å². The maximum atomic E-state index is 10.6. The fraction of sp³-hybridized carbons (Fsp3) is 0.857. The minimum Gasteiger partial charge on any atom is -0.300 e. The first kappa shape index (κ1) is 9.10. The summed E-state index contributed by atoms with van der Waals surface area (Å²) in [5.74, 6) is 0.352. The molecule has 0 N–H and O–H groups in total. The molecule has 0 heterocycles. The van der Waals surface area contributed by atoms with Crippen LogP contribution in [-0.4, -0.2) is 24.3 Å². The van der Waals surface area contributed by atoms with Crippen LogP contribution >= 0.6 is 7.92 Å². The largest absolute Gasteiger partial charge is 0.300 e. The summed E-state index contributed by atoms with van der Waals surface area (Å²) in [6, 6.07) is 0. The van der Waals surface area contributed by atoms with E-state index < -0.39 is 0 Å². The molecule has 0 fully saturated rings. The van der Waals surface area contributed by atoms with Gasteiger partial charge in [-0.25, -0.2) is 0 Å². The Hall–Kier alpha value is 0.100. The second-order valence-corrected chi connectivity index (χ2v) is 5.09. The molecule has 0 saturated carbocycles. The molecular weight excluding hydrogens is 131 g/mol. The zero-order valence-electron chi connectivity index (χ0n) is 6.48. The first-order chi connectivity index (χ1) is 4.20. The number of ketones is 1. The highest BCUT2D eigenvalue weighted by Gasteiger charge is 2.03. The van der Waals surface area contributed by atoms with Crippen LogP contribution in [0.1, 0.15) is 20.8 Å². The fourth-order valence-corrected chi connectivity index (χ4v) is 2.29. The van der Waals surface area contributed by atoms with Gasteiger partial charge in [-0.2, -0.15) is 0 Å². The van der Waals surface area contributed by atoms with Crippen molar-refractivity contribution in [2.45, 2.75) is 20.8 Å². The highest BCUT2D eigenvalue weighted by Crippen LogP contribution is 2.33. The molecule has 0 aromatic heterocycles. The molecule has 2 heteroatoms. The van der Waals surface area contributed by atoms with Crippen molar-refractivity contribution in [2.75, 3.05) is 18.5 Å². The van der Waals surface area contributed by atoms with Gasteiger partial charge in [-0.3, -0.25) is 4.79 Å². The molecule has 0 spiro atoms. The molecule has 0 bridgehead atoms. The lowest BCUT2D eigenvalue weighted by molar-refractivity contribution is -0.114. The lowest BCUT2D eigenvalue weighted by atomic mass is 10.5. The number of hydrogen-bond donors (Lipinski definition) is 0. The van der Waals surface area contributed by atoms with Gasteiger partial charge in [0, 0.05) is 6.16 Å². The minimum atomic E-state index is 0.0548. The van der Waals surface area contributed by atoms with E-state index in [1.165, 1.54) is 12.3 Å². The van der Waals surface area contributed by atoms with Gasteiger partial charge in [0.05, 0.1) is 0 Å². The highest BCUT2D eigenvalue weighted by molar-refractivity contribution is 7.58. The van der Waals surface area contributed by atoms with Gasteiger partial charge in [0.1, 0.15) is 5.78 Å². The summed E-state index contributed by atoms with van der Waals surface area (Å²) in [7, 11) is 0.0548. The molecule has 0 aliphatic rings. The van der Waals surface area contributed by atoms with Crippen LogP contribution in [0.4, 0.5) is 0 Å². The van der Waals surface area contributed by atoms with Gasteiger partial charge in [0.2, 0.25) is 0 Å². The molecule has 54 valence electrons. The minimum absolute atomic E-state index is 0.0548. The third-order valence-corrected chi connectivity index (χ3v) is 4.02. The third kappa shape index (κ3) is 4.59. The second-order valence-electron chi connectivity index (χ2n) is 2.16. The van der Waals surface area contributed by atoms with E-state index in [9.17, 15) is 4.79 Å². The predicted molar refractivity (Wildman–Crippen MR) is 43.6 cm³/mol. The van der Waals surface area contributed by atoms with E-state index in [2.05, 4.69) is 13.8 Å². The molecule has 1 nitrogen and oxygen atoms in total. The van der Waals surface area contributed by atoms with Gasteiger partial charge in [0.15, 0.2) is 0 Å². The van der Waals surface area contributed by atoms with Gasteiger partial charge >= 0.3 is 0 Å². The number of rotatable bonds is 4. The summed E-state index contributed by atoms with van der Waals surface area (Å²) in [4.78, 5) is 10.6. The van der Waals surface area contributed by atoms with Crippen LogP contribution in [0.15, 0.2) is 0 Å². The van der Waals surface area contributed by atoms with E-state index in [1.54, 1.807) is 6.92 Å². The zero-order chi connectivity index (χ0) is 7.28. The Bertz CT molecular complexity index is 86.9. The molecule has 0 amide bonds. The second kappa shape index (κ2) is 4.93. The summed E-state index contributed by atoms with van der Waals surface area (Å²) in [6.07, 6.45) is 3.24. The van der Waals surface area contributed by atoms with Crippen LogP contribution in [0.5, 0.6) is 0 Å². The van der Waals surface area contributed by atoms with Gasteiger partial charge in [-0.05, 0) is 19.2 Å². The predicted octanol–water partition coefficient (Wildman–Crippen LogP) is 2.10. The van der Waals surface area contributed by atoms with E-state index in [4.69, 9.17) is 0 Å². The van der Waals surface area contributed by atoms with Crippen LogP contribution in [0, 0.1) is 0 Å². The smallest absolute Gasteiger partial charge is 0.134 e. The van der Waals surface area contributed by atoms with Crippen molar-refractivity contribution in [1.82, 2.24) is 0 Å². The van der Waals surface area contributed by atoms with Gasteiger partial charge < -0.3 is 0 Å². The quantitative estimate of drug-likeness (QED) is 0.555. The van der Waals surface area contributed by atoms with Crippen molar-refractivity contribution in [1.29, 1.82) is 0 Å². The van der Waals surface area contributed by atoms with Crippen molar-refractivity contribution in [2.24, 2.45) is 0 Å². The zero-order valence-corrected chi connectivity index (χ0v) is 7.37. The average Bonchev–Trinajstić information content (AvgIpc) is 1.82. The molecule has 0 radical (unpaired) electrons. The topological polar surface area (TPSA) is 17.1 Å². The Morgan fingerprint density at radius 3 is 1.89 bits per heavy atom. The molecule has 0 aromatic carbocycles. The monoisotopic (exact) mass is 146 g/mol. The maximum absolute atomic E-state index is 10.6. The number of carbonyl (C=O) groups excluding carboxylic acids is 1. The number of hydrogen-bond acceptors (Lipinski definition) is 1. The Balaban J connectivity index is 3.43. The van der Waals surface area contributed by atoms with Crippen LogP contribution in [0.2, 0.25) is 0 Å². The van der Waals surface area contributed by atoms with E-state index in [-0.39, 0.29) is 7.92 Å². The summed E-state index contributed by atoms with van der Waals surface area (Å²) >= 11 is 0. The fourth-order valence-electron chi connectivity index (χ4n) is 0.762. The van der Waals surface area contributed by atoms with E-state index >= 15 is 0 Å². The van der Waals surface area contributed by atoms with Crippen molar-refractivity contribution in [3.8, 4) is 0 Å². The summed E-state index contributed by atoms with van der Waals surface area (Å²) in [5.41, 5.74) is 0. The van der Waals surface area contributed by atoms with Crippen molar-refractivity contribution < 1.29 is 4.79 Å². The molecule has 0 aliphatic carbocycles. The van der Waals surface area contributed by atoms with Crippen molar-refractivity contribution in [3.63, 3.8) is 0 Å². The third-order valence-electron chi connectivity index (χ3n) is 1.34. The SMILES string of the molecule is CCP(CC)CC(C)=O. The summed E-state index contributed by atoms with van der Waals surface area (Å²) in [6.45, 7) is 6.01. The van der Waals surface area contributed by atoms with Gasteiger partial charge in [-0.15, -0.1) is 0 Å². The van der Waals surface area contributed by atoms with Crippen molar-refractivity contribution >= 4 is 13.7 Å². The van der Waals surface area contributed by atoms with Crippen LogP contribution in [-0.2, 0) is 4.79 Å². The normalized spacial score (nSPS) is 10.2. The Kier molecular flexibility index (Phi) is 4.99. The van der Waals surface area contributed by atoms with Crippen LogP contribution in [0.25, 0.3) is 0 Å². The molecule has 0 unspecified atom stereocenters. The molecule has 9 heavy (non-hydrogen) atoms. The first-order valence-electron chi connectivity index (χ1n) is 3.42. The van der Waals surface area contributed by atoms with Crippen LogP contribution < -0.4 is 0 Å². The summed E-state index contributed by atoms with van der Waals surface area (Å²) < 4.78 is 0. The van der Waals surface area contributed by atoms with E-state index in [0.717, 1.165) is 6.16 Å². The van der Waals surface area contributed by atoms with Gasteiger partial charge in [0.25, 0.3) is 0 Å². The summed E-state index contributed by atoms with van der Waals surface area (Å²) in [5, 5.41) is 0. The first-order valence-corrected chi connectivity index (χ1v) is 5.32. The maximum Gasteiger partial charge on any atom is 0.134 e. The van der Waals surface area contributed by atoms with Crippen molar-refractivity contribution in [3.05, 3.63) is 0 Å². The molecule has 0 rings (SSSR count). The van der Waals surface area contributed by atoms with E-state index in [1.807, 2.05) is 0 Å². The molecule has 0 aliphatic heterocycles. The number of carbonyl (C=O) groups is 1. The molecule has 0 aromatic rings. The van der Waals surface area contributed by atoms with E-state index in [0.29, 0.717) is 5.78 Å².